The lowest BCUT2D eigenvalue weighted by Crippen LogP contribution is -2.37. The van der Waals surface area contributed by atoms with Crippen molar-refractivity contribution in [1.82, 2.24) is 15.0 Å². The number of anilines is 3. The third-order valence-electron chi connectivity index (χ3n) is 4.55. The second-order valence-corrected chi connectivity index (χ2v) is 7.49. The van der Waals surface area contributed by atoms with Crippen molar-refractivity contribution in [3.63, 3.8) is 0 Å². The number of benzene rings is 1. The summed E-state index contributed by atoms with van der Waals surface area (Å²) in [6.45, 7) is 3.97. The van der Waals surface area contributed by atoms with Crippen molar-refractivity contribution in [2.45, 2.75) is 26.3 Å². The largest absolute Gasteiger partial charge is 0.368 e. The van der Waals surface area contributed by atoms with Crippen LogP contribution in [0.25, 0.3) is 11.1 Å². The highest BCUT2D eigenvalue weighted by Gasteiger charge is 2.19. The van der Waals surface area contributed by atoms with Gasteiger partial charge in [-0.2, -0.15) is 4.98 Å². The smallest absolute Gasteiger partial charge is 0.254 e. The Morgan fingerprint density at radius 2 is 1.81 bits per heavy atom. The summed E-state index contributed by atoms with van der Waals surface area (Å²) in [4.78, 5) is 36.2. The van der Waals surface area contributed by atoms with Gasteiger partial charge in [0.25, 0.3) is 5.91 Å². The lowest BCUT2D eigenvalue weighted by molar-refractivity contribution is -0.119. The molecule has 0 saturated heterocycles. The van der Waals surface area contributed by atoms with Crippen molar-refractivity contribution in [3.05, 3.63) is 60.6 Å². The molecule has 3 aromatic rings. The third kappa shape index (κ3) is 5.75. The van der Waals surface area contributed by atoms with Crippen LogP contribution in [0.15, 0.2) is 55.0 Å². The minimum atomic E-state index is -0.673. The number of pyridine rings is 1. The zero-order valence-corrected chi connectivity index (χ0v) is 17.4. The van der Waals surface area contributed by atoms with Crippen LogP contribution in [-0.2, 0) is 4.79 Å². The molecule has 0 bridgehead atoms. The zero-order chi connectivity index (χ0) is 22.4. The van der Waals surface area contributed by atoms with Crippen LogP contribution in [0.3, 0.4) is 0 Å². The molecule has 9 heteroatoms. The molecule has 0 fully saturated rings. The van der Waals surface area contributed by atoms with Gasteiger partial charge in [0.05, 0.1) is 0 Å². The van der Waals surface area contributed by atoms with E-state index in [-0.39, 0.29) is 23.2 Å². The van der Waals surface area contributed by atoms with Crippen LogP contribution >= 0.6 is 0 Å². The molecule has 1 unspecified atom stereocenters. The molecule has 0 aliphatic heterocycles. The fourth-order valence-electron chi connectivity index (χ4n) is 3.06. The van der Waals surface area contributed by atoms with Gasteiger partial charge < -0.3 is 22.1 Å². The first-order valence-electron chi connectivity index (χ1n) is 9.83. The third-order valence-corrected chi connectivity index (χ3v) is 4.55. The summed E-state index contributed by atoms with van der Waals surface area (Å²) in [6.07, 6.45) is 5.28. The van der Waals surface area contributed by atoms with E-state index in [4.69, 9.17) is 11.5 Å². The van der Waals surface area contributed by atoms with E-state index < -0.39 is 17.9 Å². The van der Waals surface area contributed by atoms with Gasteiger partial charge in [0.2, 0.25) is 11.9 Å². The van der Waals surface area contributed by atoms with Crippen LogP contribution in [0.2, 0.25) is 0 Å². The number of carbonyl (C=O) groups excluding carboxylic acids is 2. The molecule has 0 aliphatic carbocycles. The number of nitrogens with zero attached hydrogens (tertiary/aromatic N) is 3. The Balaban J connectivity index is 1.90. The molecule has 0 saturated carbocycles. The Morgan fingerprint density at radius 3 is 2.45 bits per heavy atom. The van der Waals surface area contributed by atoms with E-state index in [1.54, 1.807) is 12.4 Å². The predicted molar refractivity (Wildman–Crippen MR) is 120 cm³/mol. The van der Waals surface area contributed by atoms with E-state index in [0.29, 0.717) is 12.1 Å². The van der Waals surface area contributed by atoms with Crippen molar-refractivity contribution in [3.8, 4) is 11.1 Å². The quantitative estimate of drug-likeness (QED) is 0.416. The molecule has 2 amide bonds. The minimum absolute atomic E-state index is 0.124. The number of nitrogens with one attached hydrogen (secondary N) is 2. The molecule has 160 valence electrons. The number of carbonyl (C=O) groups is 2. The first-order valence-corrected chi connectivity index (χ1v) is 9.83. The molecule has 2 aromatic heterocycles. The Bertz CT molecular complexity index is 1070. The number of primary amides is 2. The molecule has 0 spiro atoms. The summed E-state index contributed by atoms with van der Waals surface area (Å²) in [5, 5.41) is 6.07. The maximum atomic E-state index is 11.9. The van der Waals surface area contributed by atoms with Gasteiger partial charge in [0, 0.05) is 24.3 Å². The summed E-state index contributed by atoms with van der Waals surface area (Å²) < 4.78 is 0. The van der Waals surface area contributed by atoms with Gasteiger partial charge >= 0.3 is 0 Å². The Labute approximate surface area is 180 Å². The molecular formula is C22H25N7O2. The van der Waals surface area contributed by atoms with Crippen LogP contribution in [-0.4, -0.2) is 32.8 Å². The first-order chi connectivity index (χ1) is 14.8. The van der Waals surface area contributed by atoms with E-state index in [1.165, 1.54) is 6.20 Å². The van der Waals surface area contributed by atoms with Gasteiger partial charge in [0.1, 0.15) is 17.4 Å². The van der Waals surface area contributed by atoms with E-state index in [0.717, 1.165) is 11.1 Å². The maximum Gasteiger partial charge on any atom is 0.254 e. The number of hydrogen-bond donors (Lipinski definition) is 4. The van der Waals surface area contributed by atoms with Crippen LogP contribution in [0.4, 0.5) is 17.5 Å². The van der Waals surface area contributed by atoms with Crippen molar-refractivity contribution in [2.24, 2.45) is 17.4 Å². The van der Waals surface area contributed by atoms with Gasteiger partial charge in [-0.25, -0.2) is 4.98 Å². The average Bonchev–Trinajstić information content (AvgIpc) is 2.74. The van der Waals surface area contributed by atoms with E-state index in [1.807, 2.05) is 50.2 Å². The second kappa shape index (κ2) is 9.66. The predicted octanol–water partition coefficient (Wildman–Crippen LogP) is 2.69. The molecule has 1 aromatic carbocycles. The number of nitrogens with two attached hydrogens (primary N) is 2. The van der Waals surface area contributed by atoms with Crippen LogP contribution in [0.1, 0.15) is 30.6 Å². The van der Waals surface area contributed by atoms with Crippen LogP contribution < -0.4 is 22.1 Å². The molecule has 0 aliphatic rings. The highest BCUT2D eigenvalue weighted by Crippen LogP contribution is 2.25. The molecule has 3 rings (SSSR count). The molecule has 0 radical (unpaired) electrons. The minimum Gasteiger partial charge on any atom is -0.368 e. The Morgan fingerprint density at radius 1 is 1.06 bits per heavy atom. The Hall–Kier alpha value is -4.01. The summed E-state index contributed by atoms with van der Waals surface area (Å²) >= 11 is 0. The summed E-state index contributed by atoms with van der Waals surface area (Å²) in [5.41, 5.74) is 13.8. The number of rotatable bonds is 9. The number of hydrogen-bond acceptors (Lipinski definition) is 7. The monoisotopic (exact) mass is 419 g/mol. The zero-order valence-electron chi connectivity index (χ0n) is 17.4. The molecule has 9 nitrogen and oxygen atoms in total. The second-order valence-electron chi connectivity index (χ2n) is 7.49. The average molecular weight is 419 g/mol. The van der Waals surface area contributed by atoms with Crippen LogP contribution in [0.5, 0.6) is 0 Å². The normalized spacial score (nSPS) is 11.7. The Kier molecular flexibility index (Phi) is 6.76. The fraction of sp³-hybridized carbons (Fsp3) is 0.227. The van der Waals surface area contributed by atoms with Crippen molar-refractivity contribution in [1.29, 1.82) is 0 Å². The fourth-order valence-corrected chi connectivity index (χ4v) is 3.06. The number of aromatic nitrogens is 3. The van der Waals surface area contributed by atoms with Crippen LogP contribution in [0, 0.1) is 5.92 Å². The first kappa shape index (κ1) is 21.7. The molecular weight excluding hydrogens is 394 g/mol. The van der Waals surface area contributed by atoms with E-state index >= 15 is 0 Å². The molecule has 31 heavy (non-hydrogen) atoms. The van der Waals surface area contributed by atoms with Crippen molar-refractivity contribution >= 4 is 29.3 Å². The molecule has 2 heterocycles. The van der Waals surface area contributed by atoms with Gasteiger partial charge in [-0.3, -0.25) is 14.6 Å². The van der Waals surface area contributed by atoms with E-state index in [2.05, 4.69) is 25.6 Å². The topological polar surface area (TPSA) is 149 Å². The van der Waals surface area contributed by atoms with Crippen molar-refractivity contribution < 1.29 is 9.59 Å². The van der Waals surface area contributed by atoms with E-state index in [9.17, 15) is 9.59 Å². The molecule has 1 atom stereocenters. The highest BCUT2D eigenvalue weighted by atomic mass is 16.1. The number of amides is 2. The van der Waals surface area contributed by atoms with Gasteiger partial charge in [-0.05, 0) is 47.7 Å². The SMILES string of the molecule is CC(C)CC(Nc1ncc(C(N)=O)c(Nc2cccc(-c3ccncc3)c2)n1)C(N)=O. The summed E-state index contributed by atoms with van der Waals surface area (Å²) in [7, 11) is 0. The van der Waals surface area contributed by atoms with Gasteiger partial charge in [-0.15, -0.1) is 0 Å². The lowest BCUT2D eigenvalue weighted by Gasteiger charge is -2.18. The van der Waals surface area contributed by atoms with Gasteiger partial charge in [-0.1, -0.05) is 26.0 Å². The molecule has 6 N–H and O–H groups in total. The van der Waals surface area contributed by atoms with Gasteiger partial charge in [0.15, 0.2) is 0 Å². The standard InChI is InChI=1S/C22H25N7O2/c1-13(2)10-18(20(24)31)28-22-26-12-17(19(23)30)21(29-22)27-16-5-3-4-15(11-16)14-6-8-25-9-7-14/h3-9,11-13,18H,10H2,1-2H3,(H2,23,30)(H2,24,31)(H2,26,27,28,29). The lowest BCUT2D eigenvalue weighted by atomic mass is 10.0. The summed E-state index contributed by atoms with van der Waals surface area (Å²) in [6, 6.07) is 10.8. The highest BCUT2D eigenvalue weighted by molar-refractivity contribution is 5.98. The van der Waals surface area contributed by atoms with Crippen molar-refractivity contribution in [2.75, 3.05) is 10.6 Å². The summed E-state index contributed by atoms with van der Waals surface area (Å²) in [5.74, 6) is -0.542. The maximum absolute atomic E-state index is 11.9.